The van der Waals surface area contributed by atoms with Crippen molar-refractivity contribution in [2.45, 2.75) is 25.8 Å². The quantitative estimate of drug-likeness (QED) is 0.725. The van der Waals surface area contributed by atoms with E-state index in [1.807, 2.05) is 25.1 Å². The second-order valence-electron chi connectivity index (χ2n) is 6.73. The molecule has 0 spiro atoms. The molecule has 1 saturated heterocycles. The number of rotatable bonds is 7. The molecule has 154 valence electrons. The summed E-state index contributed by atoms with van der Waals surface area (Å²) in [5, 5.41) is 3.00. The molecule has 0 bridgehead atoms. The molecule has 1 aromatic heterocycles. The van der Waals surface area contributed by atoms with Gasteiger partial charge >= 0.3 is 0 Å². The van der Waals surface area contributed by atoms with Gasteiger partial charge in [-0.3, -0.25) is 9.59 Å². The highest BCUT2D eigenvalue weighted by atomic mass is 16.5. The van der Waals surface area contributed by atoms with Crippen molar-refractivity contribution in [1.29, 1.82) is 0 Å². The standard InChI is InChI=1S/C22H26N2O5/c1-3-28-18-8-6-16(15-20(18)27-2)7-9-21(25)23-17-10-12-24(13-11-17)22(26)19-5-4-14-29-19/h4-9,14-15,17H,3,10-13H2,1-2H3,(H,23,25)/b9-7+. The molecular formula is C22H26N2O5. The minimum Gasteiger partial charge on any atom is -0.493 e. The fourth-order valence-electron chi connectivity index (χ4n) is 3.27. The van der Waals surface area contributed by atoms with E-state index in [9.17, 15) is 9.59 Å². The zero-order chi connectivity index (χ0) is 20.6. The molecular weight excluding hydrogens is 372 g/mol. The number of amides is 2. The minimum absolute atomic E-state index is 0.0441. The molecule has 0 atom stereocenters. The molecule has 2 aromatic rings. The van der Waals surface area contributed by atoms with Crippen LogP contribution in [0.4, 0.5) is 0 Å². The van der Waals surface area contributed by atoms with E-state index in [2.05, 4.69) is 5.32 Å². The Labute approximate surface area is 170 Å². The average molecular weight is 398 g/mol. The lowest BCUT2D eigenvalue weighted by molar-refractivity contribution is -0.117. The highest BCUT2D eigenvalue weighted by Gasteiger charge is 2.25. The van der Waals surface area contributed by atoms with Crippen LogP contribution in [0.25, 0.3) is 6.08 Å². The molecule has 2 heterocycles. The molecule has 1 aliphatic rings. The molecule has 0 saturated carbocycles. The van der Waals surface area contributed by atoms with Gasteiger partial charge in [-0.25, -0.2) is 0 Å². The van der Waals surface area contributed by atoms with Crippen LogP contribution in [0.5, 0.6) is 11.5 Å². The maximum Gasteiger partial charge on any atom is 0.289 e. The predicted octanol–water partition coefficient (Wildman–Crippen LogP) is 3.12. The van der Waals surface area contributed by atoms with Crippen LogP contribution in [0.15, 0.2) is 47.1 Å². The maximum absolute atomic E-state index is 12.3. The van der Waals surface area contributed by atoms with Crippen molar-refractivity contribution in [2.75, 3.05) is 26.8 Å². The molecule has 2 amide bonds. The summed E-state index contributed by atoms with van der Waals surface area (Å²) >= 11 is 0. The molecule has 1 aromatic carbocycles. The van der Waals surface area contributed by atoms with Gasteiger partial charge in [0.15, 0.2) is 17.3 Å². The van der Waals surface area contributed by atoms with E-state index in [1.165, 1.54) is 12.3 Å². The van der Waals surface area contributed by atoms with Crippen LogP contribution in [-0.2, 0) is 4.79 Å². The first-order valence-corrected chi connectivity index (χ1v) is 9.73. The number of nitrogens with zero attached hydrogens (tertiary/aromatic N) is 1. The van der Waals surface area contributed by atoms with Crippen molar-refractivity contribution in [3.05, 3.63) is 54.0 Å². The molecule has 7 heteroatoms. The largest absolute Gasteiger partial charge is 0.493 e. The number of ether oxygens (including phenoxy) is 2. The zero-order valence-corrected chi connectivity index (χ0v) is 16.7. The van der Waals surface area contributed by atoms with Gasteiger partial charge in [-0.1, -0.05) is 6.07 Å². The van der Waals surface area contributed by atoms with Crippen LogP contribution in [0.1, 0.15) is 35.9 Å². The van der Waals surface area contributed by atoms with Gasteiger partial charge in [0, 0.05) is 25.2 Å². The van der Waals surface area contributed by atoms with Gasteiger partial charge in [0.05, 0.1) is 20.0 Å². The lowest BCUT2D eigenvalue weighted by Crippen LogP contribution is -2.46. The van der Waals surface area contributed by atoms with Crippen molar-refractivity contribution in [3.8, 4) is 11.5 Å². The SMILES string of the molecule is CCOc1ccc(/C=C/C(=O)NC2CCN(C(=O)c3ccco3)CC2)cc1OC. The Morgan fingerprint density at radius 1 is 1.24 bits per heavy atom. The lowest BCUT2D eigenvalue weighted by Gasteiger charge is -2.31. The van der Waals surface area contributed by atoms with E-state index >= 15 is 0 Å². The lowest BCUT2D eigenvalue weighted by atomic mass is 10.0. The number of benzene rings is 1. The zero-order valence-electron chi connectivity index (χ0n) is 16.7. The highest BCUT2D eigenvalue weighted by molar-refractivity contribution is 5.92. The van der Waals surface area contributed by atoms with Crippen LogP contribution in [-0.4, -0.2) is 49.6 Å². The Hall–Kier alpha value is -3.22. The molecule has 7 nitrogen and oxygen atoms in total. The third kappa shape index (κ3) is 5.40. The van der Waals surface area contributed by atoms with Crippen molar-refractivity contribution in [3.63, 3.8) is 0 Å². The number of methoxy groups -OCH3 is 1. The van der Waals surface area contributed by atoms with Gasteiger partial charge in [0.25, 0.3) is 5.91 Å². The van der Waals surface area contributed by atoms with Gasteiger partial charge in [-0.2, -0.15) is 0 Å². The number of carbonyl (C=O) groups is 2. The van der Waals surface area contributed by atoms with Gasteiger partial charge in [0.1, 0.15) is 0 Å². The molecule has 0 radical (unpaired) electrons. The summed E-state index contributed by atoms with van der Waals surface area (Å²) < 4.78 is 16.0. The van der Waals surface area contributed by atoms with Crippen LogP contribution < -0.4 is 14.8 Å². The van der Waals surface area contributed by atoms with Crippen molar-refractivity contribution >= 4 is 17.9 Å². The number of piperidine rings is 1. The first-order valence-electron chi connectivity index (χ1n) is 9.73. The third-order valence-electron chi connectivity index (χ3n) is 4.78. The second-order valence-corrected chi connectivity index (χ2v) is 6.73. The van der Waals surface area contributed by atoms with Crippen molar-refractivity contribution < 1.29 is 23.5 Å². The molecule has 29 heavy (non-hydrogen) atoms. The average Bonchev–Trinajstić information content (AvgIpc) is 3.28. The topological polar surface area (TPSA) is 81.0 Å². The molecule has 1 fully saturated rings. The third-order valence-corrected chi connectivity index (χ3v) is 4.78. The van der Waals surface area contributed by atoms with Crippen LogP contribution in [0, 0.1) is 0 Å². The Bertz CT molecular complexity index is 852. The van der Waals surface area contributed by atoms with E-state index in [0.717, 1.165) is 5.56 Å². The van der Waals surface area contributed by atoms with Crippen LogP contribution in [0.2, 0.25) is 0 Å². The van der Waals surface area contributed by atoms with E-state index in [1.54, 1.807) is 30.2 Å². The monoisotopic (exact) mass is 398 g/mol. The van der Waals surface area contributed by atoms with E-state index < -0.39 is 0 Å². The number of likely N-dealkylation sites (tertiary alicyclic amines) is 1. The summed E-state index contributed by atoms with van der Waals surface area (Å²) in [4.78, 5) is 26.3. The molecule has 0 unspecified atom stereocenters. The molecule has 1 N–H and O–H groups in total. The number of hydrogen-bond donors (Lipinski definition) is 1. The Kier molecular flexibility index (Phi) is 6.94. The van der Waals surface area contributed by atoms with Gasteiger partial charge in [-0.05, 0) is 55.7 Å². The summed E-state index contributed by atoms with van der Waals surface area (Å²) in [7, 11) is 1.58. The van der Waals surface area contributed by atoms with Crippen LogP contribution >= 0.6 is 0 Å². The van der Waals surface area contributed by atoms with Crippen molar-refractivity contribution in [2.24, 2.45) is 0 Å². The normalized spacial score (nSPS) is 14.8. The van der Waals surface area contributed by atoms with Gasteiger partial charge < -0.3 is 24.1 Å². The molecule has 3 rings (SSSR count). The first-order chi connectivity index (χ1) is 14.1. The summed E-state index contributed by atoms with van der Waals surface area (Å²) in [6, 6.07) is 8.93. The predicted molar refractivity (Wildman–Crippen MR) is 109 cm³/mol. The van der Waals surface area contributed by atoms with E-state index in [4.69, 9.17) is 13.9 Å². The van der Waals surface area contributed by atoms with Crippen molar-refractivity contribution in [1.82, 2.24) is 10.2 Å². The fourth-order valence-corrected chi connectivity index (χ4v) is 3.27. The van der Waals surface area contributed by atoms with E-state index in [0.29, 0.717) is 49.8 Å². The summed E-state index contributed by atoms with van der Waals surface area (Å²) in [5.41, 5.74) is 0.847. The first kappa shape index (κ1) is 20.5. The number of nitrogens with one attached hydrogen (secondary N) is 1. The summed E-state index contributed by atoms with van der Waals surface area (Å²) in [6.07, 6.45) is 6.16. The minimum atomic E-state index is -0.159. The Morgan fingerprint density at radius 2 is 2.03 bits per heavy atom. The number of carbonyl (C=O) groups excluding carboxylic acids is 2. The summed E-state index contributed by atoms with van der Waals surface area (Å²) in [5.74, 6) is 1.38. The smallest absolute Gasteiger partial charge is 0.289 e. The maximum atomic E-state index is 12.3. The van der Waals surface area contributed by atoms with E-state index in [-0.39, 0.29) is 17.9 Å². The fraction of sp³-hybridized carbons (Fsp3) is 0.364. The highest BCUT2D eigenvalue weighted by Crippen LogP contribution is 2.28. The Balaban J connectivity index is 1.49. The Morgan fingerprint density at radius 3 is 2.69 bits per heavy atom. The number of furan rings is 1. The molecule has 1 aliphatic heterocycles. The van der Waals surface area contributed by atoms with Gasteiger partial charge in [-0.15, -0.1) is 0 Å². The summed E-state index contributed by atoms with van der Waals surface area (Å²) in [6.45, 7) is 3.64. The van der Waals surface area contributed by atoms with Crippen LogP contribution in [0.3, 0.4) is 0 Å². The molecule has 0 aliphatic carbocycles. The number of hydrogen-bond acceptors (Lipinski definition) is 5. The van der Waals surface area contributed by atoms with Gasteiger partial charge in [0.2, 0.25) is 5.91 Å². The second kappa shape index (κ2) is 9.82.